The van der Waals surface area contributed by atoms with Crippen molar-refractivity contribution >= 4 is 0 Å². The summed E-state index contributed by atoms with van der Waals surface area (Å²) in [6.45, 7) is 7.70. The Hall–Kier alpha value is -0.560. The number of nitrogens with one attached hydrogen (secondary N) is 1. The first-order valence-corrected chi connectivity index (χ1v) is 4.77. The van der Waals surface area contributed by atoms with Crippen LogP contribution in [-0.2, 0) is 0 Å². The quantitative estimate of drug-likeness (QED) is 0.678. The topological polar surface area (TPSA) is 12.0 Å². The molecule has 0 aliphatic heterocycles. The maximum atomic E-state index is 3.54. The molecule has 0 amide bonds. The zero-order valence-corrected chi connectivity index (χ0v) is 8.35. The van der Waals surface area contributed by atoms with E-state index in [0.717, 1.165) is 13.0 Å². The predicted molar refractivity (Wildman–Crippen MR) is 54.2 cm³/mol. The normalized spacial score (nSPS) is 28.8. The minimum atomic E-state index is 0.204. The first kappa shape index (κ1) is 9.53. The van der Waals surface area contributed by atoms with Gasteiger partial charge in [0.1, 0.15) is 0 Å². The Morgan fingerprint density at radius 3 is 2.83 bits per heavy atom. The van der Waals surface area contributed by atoms with Gasteiger partial charge in [-0.15, -0.1) is 0 Å². The van der Waals surface area contributed by atoms with Crippen LogP contribution in [0.3, 0.4) is 0 Å². The molecule has 0 saturated heterocycles. The van der Waals surface area contributed by atoms with Crippen LogP contribution in [0.4, 0.5) is 0 Å². The highest BCUT2D eigenvalue weighted by molar-refractivity contribution is 5.26. The zero-order valence-electron chi connectivity index (χ0n) is 8.35. The van der Waals surface area contributed by atoms with Crippen LogP contribution in [0.15, 0.2) is 23.8 Å². The van der Waals surface area contributed by atoms with Gasteiger partial charge in [-0.2, -0.15) is 0 Å². The summed E-state index contributed by atoms with van der Waals surface area (Å²) in [5.74, 6) is 0. The van der Waals surface area contributed by atoms with Crippen molar-refractivity contribution < 1.29 is 0 Å². The average Bonchev–Trinajstić information content (AvgIpc) is 2.08. The molecule has 0 aromatic rings. The second kappa shape index (κ2) is 3.90. The van der Waals surface area contributed by atoms with E-state index >= 15 is 0 Å². The van der Waals surface area contributed by atoms with Crippen LogP contribution in [-0.4, -0.2) is 12.1 Å². The van der Waals surface area contributed by atoms with Gasteiger partial charge in [0, 0.05) is 5.54 Å². The summed E-state index contributed by atoms with van der Waals surface area (Å²) in [6, 6.07) is 0. The minimum absolute atomic E-state index is 0.204. The van der Waals surface area contributed by atoms with E-state index in [1.165, 1.54) is 12.0 Å². The highest BCUT2D eigenvalue weighted by Gasteiger charge is 2.19. The minimum Gasteiger partial charge on any atom is -0.308 e. The van der Waals surface area contributed by atoms with Crippen molar-refractivity contribution in [3.05, 3.63) is 23.8 Å². The van der Waals surface area contributed by atoms with Gasteiger partial charge in [-0.05, 0) is 33.2 Å². The van der Waals surface area contributed by atoms with E-state index in [0.29, 0.717) is 0 Å². The molecule has 1 rings (SSSR count). The highest BCUT2D eigenvalue weighted by Crippen LogP contribution is 2.19. The Bertz CT molecular complexity index is 203. The van der Waals surface area contributed by atoms with E-state index < -0.39 is 0 Å². The first-order chi connectivity index (χ1) is 5.66. The molecule has 1 aliphatic carbocycles. The van der Waals surface area contributed by atoms with E-state index in [9.17, 15) is 0 Å². The molecule has 1 aliphatic rings. The summed E-state index contributed by atoms with van der Waals surface area (Å²) in [5.41, 5.74) is 1.58. The molecule has 0 saturated carbocycles. The largest absolute Gasteiger partial charge is 0.308 e. The molecule has 1 nitrogen and oxygen atoms in total. The van der Waals surface area contributed by atoms with Crippen molar-refractivity contribution in [1.82, 2.24) is 5.32 Å². The monoisotopic (exact) mass is 165 g/mol. The fourth-order valence-electron chi connectivity index (χ4n) is 1.37. The van der Waals surface area contributed by atoms with Crippen LogP contribution in [0.5, 0.6) is 0 Å². The van der Waals surface area contributed by atoms with Gasteiger partial charge in [0.05, 0.1) is 0 Å². The van der Waals surface area contributed by atoms with Gasteiger partial charge in [-0.3, -0.25) is 0 Å². The molecule has 1 N–H and O–H groups in total. The zero-order chi connectivity index (χ0) is 9.03. The fraction of sp³-hybridized carbons (Fsp3) is 0.636. The summed E-state index contributed by atoms with van der Waals surface area (Å²) in [6.07, 6.45) is 9.09. The van der Waals surface area contributed by atoms with E-state index in [1.54, 1.807) is 0 Å². The molecule has 12 heavy (non-hydrogen) atoms. The standard InChI is InChI=1S/C11H19N/c1-4-9-12-11(3)7-5-10(2)6-8-11/h5-7,12H,4,8-9H2,1-3H3. The molecule has 0 bridgehead atoms. The molecule has 1 unspecified atom stereocenters. The van der Waals surface area contributed by atoms with Crippen LogP contribution in [0.2, 0.25) is 0 Å². The lowest BCUT2D eigenvalue weighted by atomic mass is 9.91. The van der Waals surface area contributed by atoms with Crippen molar-refractivity contribution in [2.24, 2.45) is 0 Å². The van der Waals surface area contributed by atoms with Crippen LogP contribution in [0, 0.1) is 0 Å². The van der Waals surface area contributed by atoms with Gasteiger partial charge in [0.15, 0.2) is 0 Å². The molecule has 1 heteroatoms. The Labute approximate surface area is 75.6 Å². The number of hydrogen-bond acceptors (Lipinski definition) is 1. The lowest BCUT2D eigenvalue weighted by Gasteiger charge is -2.28. The SMILES string of the molecule is CCCNC1(C)C=CC(C)=CC1. The van der Waals surface area contributed by atoms with Crippen LogP contribution in [0.1, 0.15) is 33.6 Å². The van der Waals surface area contributed by atoms with Crippen LogP contribution in [0.25, 0.3) is 0 Å². The molecule has 0 radical (unpaired) electrons. The molecule has 0 heterocycles. The summed E-state index contributed by atoms with van der Waals surface area (Å²) in [7, 11) is 0. The fourth-order valence-corrected chi connectivity index (χ4v) is 1.37. The Kier molecular flexibility index (Phi) is 3.10. The second-order valence-electron chi connectivity index (χ2n) is 3.83. The lowest BCUT2D eigenvalue weighted by Crippen LogP contribution is -2.41. The third kappa shape index (κ3) is 2.49. The first-order valence-electron chi connectivity index (χ1n) is 4.77. The summed E-state index contributed by atoms with van der Waals surface area (Å²) in [4.78, 5) is 0. The van der Waals surface area contributed by atoms with Crippen molar-refractivity contribution in [1.29, 1.82) is 0 Å². The van der Waals surface area contributed by atoms with Crippen molar-refractivity contribution in [3.8, 4) is 0 Å². The Morgan fingerprint density at radius 1 is 1.58 bits per heavy atom. The molecular weight excluding hydrogens is 146 g/mol. The second-order valence-corrected chi connectivity index (χ2v) is 3.83. The summed E-state index contributed by atoms with van der Waals surface area (Å²) in [5, 5.41) is 3.54. The molecule has 0 aromatic heterocycles. The van der Waals surface area contributed by atoms with Gasteiger partial charge >= 0.3 is 0 Å². The average molecular weight is 165 g/mol. The van der Waals surface area contributed by atoms with Crippen molar-refractivity contribution in [2.75, 3.05) is 6.54 Å². The molecule has 1 atom stereocenters. The van der Waals surface area contributed by atoms with Gasteiger partial charge in [0.2, 0.25) is 0 Å². The maximum Gasteiger partial charge on any atom is 0.0373 e. The van der Waals surface area contributed by atoms with E-state index in [-0.39, 0.29) is 5.54 Å². The van der Waals surface area contributed by atoms with E-state index in [2.05, 4.69) is 44.3 Å². The van der Waals surface area contributed by atoms with Gasteiger partial charge in [-0.1, -0.05) is 30.7 Å². The van der Waals surface area contributed by atoms with Crippen LogP contribution >= 0.6 is 0 Å². The third-order valence-corrected chi connectivity index (χ3v) is 2.34. The molecule has 0 aromatic carbocycles. The lowest BCUT2D eigenvalue weighted by molar-refractivity contribution is 0.437. The summed E-state index contributed by atoms with van der Waals surface area (Å²) >= 11 is 0. The Morgan fingerprint density at radius 2 is 2.33 bits per heavy atom. The third-order valence-electron chi connectivity index (χ3n) is 2.34. The highest BCUT2D eigenvalue weighted by atomic mass is 14.9. The Balaban J connectivity index is 2.47. The predicted octanol–water partition coefficient (Wildman–Crippen LogP) is 2.65. The number of hydrogen-bond donors (Lipinski definition) is 1. The molecule has 0 fully saturated rings. The number of allylic oxidation sites excluding steroid dienone is 2. The van der Waals surface area contributed by atoms with Gasteiger partial charge < -0.3 is 5.32 Å². The molecular formula is C11H19N. The smallest absolute Gasteiger partial charge is 0.0373 e. The molecule has 68 valence electrons. The van der Waals surface area contributed by atoms with Crippen molar-refractivity contribution in [2.45, 2.75) is 39.2 Å². The summed E-state index contributed by atoms with van der Waals surface area (Å²) < 4.78 is 0. The van der Waals surface area contributed by atoms with E-state index in [1.807, 2.05) is 0 Å². The number of rotatable bonds is 3. The van der Waals surface area contributed by atoms with Gasteiger partial charge in [-0.25, -0.2) is 0 Å². The van der Waals surface area contributed by atoms with Crippen LogP contribution < -0.4 is 5.32 Å². The maximum absolute atomic E-state index is 3.54. The van der Waals surface area contributed by atoms with E-state index in [4.69, 9.17) is 0 Å². The molecule has 0 spiro atoms. The van der Waals surface area contributed by atoms with Gasteiger partial charge in [0.25, 0.3) is 0 Å². The van der Waals surface area contributed by atoms with Crippen molar-refractivity contribution in [3.63, 3.8) is 0 Å².